The Morgan fingerprint density at radius 2 is 2.03 bits per heavy atom. The average Bonchev–Trinajstić information content (AvgIpc) is 3.45. The number of methoxy groups -OCH3 is 1. The van der Waals surface area contributed by atoms with Crippen molar-refractivity contribution in [1.82, 2.24) is 9.88 Å². The van der Waals surface area contributed by atoms with Crippen LogP contribution < -0.4 is 4.74 Å². The Hall–Kier alpha value is -3.08. The Bertz CT molecular complexity index is 1100. The monoisotopic (exact) mass is 390 g/mol. The van der Waals surface area contributed by atoms with E-state index in [1.807, 2.05) is 23.2 Å². The Labute approximate surface area is 169 Å². The molecule has 0 spiro atoms. The molecule has 1 N–H and O–H groups in total. The van der Waals surface area contributed by atoms with E-state index in [0.717, 1.165) is 41.6 Å². The molecule has 1 fully saturated rings. The lowest BCUT2D eigenvalue weighted by atomic mass is 9.98. The number of hydrogen-bond donors (Lipinski definition) is 1. The largest absolute Gasteiger partial charge is 0.497 e. The third-order valence-electron chi connectivity index (χ3n) is 6.16. The van der Waals surface area contributed by atoms with E-state index in [0.29, 0.717) is 6.54 Å². The van der Waals surface area contributed by atoms with Crippen LogP contribution in [0.25, 0.3) is 16.5 Å². The number of aromatic nitrogens is 1. The Morgan fingerprint density at radius 3 is 2.76 bits per heavy atom. The SMILES string of the molecule is COc1ccc2[nH]cc(C3=CCN(C(=O)C4CC4c4ccc(F)cc4)CC3)c2c1. The molecule has 0 saturated heterocycles. The summed E-state index contributed by atoms with van der Waals surface area (Å²) in [6, 6.07) is 12.6. The molecule has 2 aliphatic rings. The van der Waals surface area contributed by atoms with Crippen LogP contribution in [0.2, 0.25) is 0 Å². The Morgan fingerprint density at radius 1 is 1.21 bits per heavy atom. The lowest BCUT2D eigenvalue weighted by Crippen LogP contribution is -2.36. The second-order valence-electron chi connectivity index (χ2n) is 7.88. The number of H-pyrrole nitrogens is 1. The highest BCUT2D eigenvalue weighted by Gasteiger charge is 2.45. The molecule has 2 atom stereocenters. The molecule has 4 nitrogen and oxygen atoms in total. The smallest absolute Gasteiger partial charge is 0.226 e. The van der Waals surface area contributed by atoms with Gasteiger partial charge >= 0.3 is 0 Å². The van der Waals surface area contributed by atoms with Gasteiger partial charge in [-0.15, -0.1) is 0 Å². The van der Waals surface area contributed by atoms with E-state index in [1.165, 1.54) is 23.3 Å². The fraction of sp³-hybridized carbons (Fsp3) is 0.292. The van der Waals surface area contributed by atoms with E-state index in [4.69, 9.17) is 4.74 Å². The van der Waals surface area contributed by atoms with Crippen molar-refractivity contribution >= 4 is 22.4 Å². The minimum Gasteiger partial charge on any atom is -0.497 e. The van der Waals surface area contributed by atoms with Crippen molar-refractivity contribution in [2.24, 2.45) is 5.92 Å². The number of nitrogens with one attached hydrogen (secondary N) is 1. The standard InChI is InChI=1S/C24H23FN2O2/c1-29-18-6-7-23-20(12-18)22(14-26-23)16-8-10-27(11-9-16)24(28)21-13-19(21)15-2-4-17(25)5-3-15/h2-8,12,14,19,21,26H,9-11,13H2,1H3. The maximum Gasteiger partial charge on any atom is 0.226 e. The summed E-state index contributed by atoms with van der Waals surface area (Å²) in [5, 5.41) is 1.15. The average molecular weight is 390 g/mol. The van der Waals surface area contributed by atoms with Crippen molar-refractivity contribution in [1.29, 1.82) is 0 Å². The van der Waals surface area contributed by atoms with Gasteiger partial charge in [-0.3, -0.25) is 4.79 Å². The highest BCUT2D eigenvalue weighted by molar-refractivity contribution is 5.94. The molecule has 1 aliphatic carbocycles. The number of carbonyl (C=O) groups is 1. The fourth-order valence-electron chi connectivity index (χ4n) is 4.39. The third-order valence-corrected chi connectivity index (χ3v) is 6.16. The first-order chi connectivity index (χ1) is 14.1. The van der Waals surface area contributed by atoms with Gasteiger partial charge in [0.1, 0.15) is 11.6 Å². The lowest BCUT2D eigenvalue weighted by Gasteiger charge is -2.27. The summed E-state index contributed by atoms with van der Waals surface area (Å²) >= 11 is 0. The Kier molecular flexibility index (Phi) is 4.38. The number of benzene rings is 2. The van der Waals surface area contributed by atoms with E-state index in [1.54, 1.807) is 19.2 Å². The first kappa shape index (κ1) is 18.0. The van der Waals surface area contributed by atoms with Gasteiger partial charge in [0.15, 0.2) is 0 Å². The molecule has 1 aromatic heterocycles. The van der Waals surface area contributed by atoms with Crippen LogP contribution >= 0.6 is 0 Å². The molecule has 5 heteroatoms. The van der Waals surface area contributed by atoms with Crippen molar-refractivity contribution in [2.75, 3.05) is 20.2 Å². The molecular formula is C24H23FN2O2. The molecule has 1 amide bonds. The molecule has 0 radical (unpaired) electrons. The van der Waals surface area contributed by atoms with Crippen molar-refractivity contribution in [2.45, 2.75) is 18.8 Å². The maximum atomic E-state index is 13.1. The number of halogens is 1. The molecule has 3 aromatic rings. The van der Waals surface area contributed by atoms with E-state index in [9.17, 15) is 9.18 Å². The Balaban J connectivity index is 1.29. The van der Waals surface area contributed by atoms with E-state index < -0.39 is 0 Å². The van der Waals surface area contributed by atoms with Crippen LogP contribution in [-0.2, 0) is 4.79 Å². The summed E-state index contributed by atoms with van der Waals surface area (Å²) in [5.74, 6) is 1.09. The van der Waals surface area contributed by atoms with Crippen molar-refractivity contribution in [3.8, 4) is 5.75 Å². The summed E-state index contributed by atoms with van der Waals surface area (Å²) in [6.45, 7) is 1.37. The molecule has 1 saturated carbocycles. The van der Waals surface area contributed by atoms with Crippen molar-refractivity contribution in [3.63, 3.8) is 0 Å². The molecule has 0 bridgehead atoms. The van der Waals surface area contributed by atoms with Gasteiger partial charge in [-0.1, -0.05) is 18.2 Å². The molecule has 1 aliphatic heterocycles. The summed E-state index contributed by atoms with van der Waals surface area (Å²) in [7, 11) is 1.67. The van der Waals surface area contributed by atoms with Gasteiger partial charge in [0, 0.05) is 41.7 Å². The van der Waals surface area contributed by atoms with Crippen LogP contribution in [0.3, 0.4) is 0 Å². The van der Waals surface area contributed by atoms with Crippen LogP contribution in [0.15, 0.2) is 54.7 Å². The molecular weight excluding hydrogens is 367 g/mol. The summed E-state index contributed by atoms with van der Waals surface area (Å²) in [4.78, 5) is 18.2. The van der Waals surface area contributed by atoms with Crippen LogP contribution in [0.5, 0.6) is 5.75 Å². The number of ether oxygens (including phenoxy) is 1. The van der Waals surface area contributed by atoms with Gasteiger partial charge in [-0.2, -0.15) is 0 Å². The minimum absolute atomic E-state index is 0.0350. The highest BCUT2D eigenvalue weighted by atomic mass is 19.1. The quantitative estimate of drug-likeness (QED) is 0.700. The molecule has 2 heterocycles. The molecule has 29 heavy (non-hydrogen) atoms. The number of nitrogens with zero attached hydrogens (tertiary/aromatic N) is 1. The summed E-state index contributed by atoms with van der Waals surface area (Å²) in [5.41, 5.74) is 4.59. The second kappa shape index (κ2) is 7.07. The number of carbonyl (C=O) groups excluding carboxylic acids is 1. The van der Waals surface area contributed by atoms with Crippen molar-refractivity contribution < 1.29 is 13.9 Å². The molecule has 148 valence electrons. The van der Waals surface area contributed by atoms with Crippen molar-refractivity contribution in [3.05, 3.63) is 71.7 Å². The number of amides is 1. The summed E-state index contributed by atoms with van der Waals surface area (Å²) in [6.07, 6.45) is 5.90. The number of rotatable bonds is 4. The lowest BCUT2D eigenvalue weighted by molar-refractivity contribution is -0.132. The van der Waals surface area contributed by atoms with Gasteiger partial charge < -0.3 is 14.6 Å². The molecule has 2 unspecified atom stereocenters. The van der Waals surface area contributed by atoms with E-state index >= 15 is 0 Å². The number of aromatic amines is 1. The highest BCUT2D eigenvalue weighted by Crippen LogP contribution is 2.48. The first-order valence-corrected chi connectivity index (χ1v) is 10.0. The van der Waals surface area contributed by atoms with Crippen LogP contribution in [0.4, 0.5) is 4.39 Å². The second-order valence-corrected chi connectivity index (χ2v) is 7.88. The number of hydrogen-bond acceptors (Lipinski definition) is 2. The van der Waals surface area contributed by atoms with Crippen LogP contribution in [-0.4, -0.2) is 36.0 Å². The normalized spacial score (nSPS) is 21.2. The maximum absolute atomic E-state index is 13.1. The van der Waals surface area contributed by atoms with Gasteiger partial charge in [0.05, 0.1) is 7.11 Å². The zero-order valence-corrected chi connectivity index (χ0v) is 16.3. The van der Waals surface area contributed by atoms with Gasteiger partial charge in [-0.05, 0) is 60.2 Å². The zero-order chi connectivity index (χ0) is 20.0. The van der Waals surface area contributed by atoms with Crippen LogP contribution in [0, 0.1) is 11.7 Å². The van der Waals surface area contributed by atoms with Gasteiger partial charge in [-0.25, -0.2) is 4.39 Å². The number of fused-ring (bicyclic) bond motifs is 1. The molecule has 2 aromatic carbocycles. The molecule has 5 rings (SSSR count). The predicted octanol–water partition coefficient (Wildman–Crippen LogP) is 4.74. The van der Waals surface area contributed by atoms with Crippen LogP contribution in [0.1, 0.15) is 29.9 Å². The minimum atomic E-state index is -0.235. The topological polar surface area (TPSA) is 45.3 Å². The van der Waals surface area contributed by atoms with Gasteiger partial charge in [0.2, 0.25) is 5.91 Å². The zero-order valence-electron chi connectivity index (χ0n) is 16.3. The third kappa shape index (κ3) is 3.31. The first-order valence-electron chi connectivity index (χ1n) is 10.0. The van der Waals surface area contributed by atoms with E-state index in [2.05, 4.69) is 17.1 Å². The predicted molar refractivity (Wildman–Crippen MR) is 111 cm³/mol. The van der Waals surface area contributed by atoms with Gasteiger partial charge in [0.25, 0.3) is 0 Å². The van der Waals surface area contributed by atoms with E-state index in [-0.39, 0.29) is 23.6 Å². The summed E-state index contributed by atoms with van der Waals surface area (Å²) < 4.78 is 18.5. The fourth-order valence-corrected chi connectivity index (χ4v) is 4.39.